The van der Waals surface area contributed by atoms with E-state index in [1.807, 2.05) is 18.2 Å². The van der Waals surface area contributed by atoms with E-state index in [0.29, 0.717) is 17.3 Å². The van der Waals surface area contributed by atoms with Crippen molar-refractivity contribution in [2.45, 2.75) is 18.9 Å². The maximum Gasteiger partial charge on any atom is 0.258 e. The SMILES string of the molecule is N#Cc1cccc(-c2cc(-c3nc(C4CCCN4C#N)no3)ccn2)c1. The summed E-state index contributed by atoms with van der Waals surface area (Å²) < 4.78 is 5.41. The van der Waals surface area contributed by atoms with E-state index in [9.17, 15) is 5.26 Å². The average Bonchev–Trinajstić information content (AvgIpc) is 3.37. The normalized spacial score (nSPS) is 16.2. The molecule has 1 aromatic carbocycles. The monoisotopic (exact) mass is 342 g/mol. The highest BCUT2D eigenvalue weighted by molar-refractivity contribution is 5.67. The first-order valence-electron chi connectivity index (χ1n) is 8.25. The first-order chi connectivity index (χ1) is 12.8. The molecule has 26 heavy (non-hydrogen) atoms. The fraction of sp³-hybridized carbons (Fsp3) is 0.211. The Hall–Kier alpha value is -3.71. The highest BCUT2D eigenvalue weighted by Crippen LogP contribution is 2.31. The van der Waals surface area contributed by atoms with Gasteiger partial charge < -0.3 is 4.52 Å². The molecule has 1 aliphatic rings. The van der Waals surface area contributed by atoms with E-state index in [1.165, 1.54) is 0 Å². The largest absolute Gasteiger partial charge is 0.334 e. The summed E-state index contributed by atoms with van der Waals surface area (Å²) in [7, 11) is 0. The van der Waals surface area contributed by atoms with Crippen molar-refractivity contribution in [2.75, 3.05) is 6.54 Å². The van der Waals surface area contributed by atoms with Crippen LogP contribution < -0.4 is 0 Å². The Labute approximate surface area is 150 Å². The van der Waals surface area contributed by atoms with Crippen molar-refractivity contribution in [3.8, 4) is 35.0 Å². The maximum absolute atomic E-state index is 9.19. The molecule has 1 fully saturated rings. The number of hydrogen-bond donors (Lipinski definition) is 0. The second kappa shape index (κ2) is 6.66. The zero-order valence-electron chi connectivity index (χ0n) is 13.8. The molecule has 2 aromatic heterocycles. The van der Waals surface area contributed by atoms with Gasteiger partial charge in [-0.1, -0.05) is 17.3 Å². The van der Waals surface area contributed by atoms with E-state index in [4.69, 9.17) is 9.78 Å². The summed E-state index contributed by atoms with van der Waals surface area (Å²) in [6, 6.07) is 12.9. The molecule has 1 atom stereocenters. The number of rotatable bonds is 3. The molecular formula is C19H14N6O. The molecule has 126 valence electrons. The number of aromatic nitrogens is 3. The van der Waals surface area contributed by atoms with Crippen molar-refractivity contribution in [2.24, 2.45) is 0 Å². The summed E-state index contributed by atoms with van der Waals surface area (Å²) >= 11 is 0. The summed E-state index contributed by atoms with van der Waals surface area (Å²) in [5, 5.41) is 22.3. The molecule has 0 aliphatic carbocycles. The summed E-state index contributed by atoms with van der Waals surface area (Å²) in [4.78, 5) is 10.5. The van der Waals surface area contributed by atoms with Gasteiger partial charge in [-0.2, -0.15) is 15.5 Å². The molecule has 3 heterocycles. The molecule has 1 unspecified atom stereocenters. The van der Waals surface area contributed by atoms with Crippen LogP contribution in [0, 0.1) is 22.8 Å². The molecular weight excluding hydrogens is 328 g/mol. The highest BCUT2D eigenvalue weighted by atomic mass is 16.5. The minimum absolute atomic E-state index is 0.119. The topological polar surface area (TPSA) is 103 Å². The van der Waals surface area contributed by atoms with Gasteiger partial charge in [0.15, 0.2) is 12.0 Å². The van der Waals surface area contributed by atoms with Crippen molar-refractivity contribution in [3.05, 3.63) is 54.0 Å². The summed E-state index contributed by atoms with van der Waals surface area (Å²) in [6.07, 6.45) is 5.63. The molecule has 0 spiro atoms. The van der Waals surface area contributed by atoms with Crippen molar-refractivity contribution >= 4 is 0 Å². The van der Waals surface area contributed by atoms with Crippen LogP contribution in [0.1, 0.15) is 30.3 Å². The van der Waals surface area contributed by atoms with Gasteiger partial charge in [-0.15, -0.1) is 0 Å². The third kappa shape index (κ3) is 2.87. The second-order valence-corrected chi connectivity index (χ2v) is 6.03. The van der Waals surface area contributed by atoms with Gasteiger partial charge in [-0.05, 0) is 37.1 Å². The van der Waals surface area contributed by atoms with Crippen LogP contribution in [-0.2, 0) is 0 Å². The molecule has 4 rings (SSSR count). The van der Waals surface area contributed by atoms with Crippen LogP contribution in [0.4, 0.5) is 0 Å². The van der Waals surface area contributed by atoms with Crippen LogP contribution in [-0.4, -0.2) is 26.6 Å². The van der Waals surface area contributed by atoms with Gasteiger partial charge in [0.05, 0.1) is 17.3 Å². The predicted octanol–water partition coefficient (Wildman–Crippen LogP) is 3.29. The van der Waals surface area contributed by atoms with Crippen molar-refractivity contribution < 1.29 is 4.52 Å². The fourth-order valence-electron chi connectivity index (χ4n) is 3.11. The summed E-state index contributed by atoms with van der Waals surface area (Å²) in [5.41, 5.74) is 2.89. The number of nitriles is 2. The molecule has 1 saturated heterocycles. The van der Waals surface area contributed by atoms with E-state index in [1.54, 1.807) is 29.3 Å². The Kier molecular flexibility index (Phi) is 4.04. The van der Waals surface area contributed by atoms with E-state index < -0.39 is 0 Å². The van der Waals surface area contributed by atoms with Gasteiger partial charge in [0.2, 0.25) is 0 Å². The molecule has 0 radical (unpaired) electrons. The standard InChI is InChI=1S/C19H14N6O/c20-11-13-3-1-4-14(9-13)16-10-15(6-7-22-16)19-23-18(24-26-19)17-5-2-8-25(17)12-21/h1,3-4,6-7,9-10,17H,2,5,8H2. The first-order valence-corrected chi connectivity index (χ1v) is 8.25. The van der Waals surface area contributed by atoms with Crippen LogP contribution in [0.5, 0.6) is 0 Å². The van der Waals surface area contributed by atoms with Crippen molar-refractivity contribution in [1.82, 2.24) is 20.0 Å². The number of likely N-dealkylation sites (tertiary alicyclic amines) is 1. The van der Waals surface area contributed by atoms with Gasteiger partial charge in [0, 0.05) is 23.9 Å². The van der Waals surface area contributed by atoms with Gasteiger partial charge in [-0.25, -0.2) is 0 Å². The minimum Gasteiger partial charge on any atom is -0.334 e. The number of pyridine rings is 1. The Morgan fingerprint density at radius 3 is 2.92 bits per heavy atom. The maximum atomic E-state index is 9.19. The van der Waals surface area contributed by atoms with Crippen molar-refractivity contribution in [3.63, 3.8) is 0 Å². The van der Waals surface area contributed by atoms with E-state index in [0.717, 1.165) is 36.2 Å². The van der Waals surface area contributed by atoms with Crippen LogP contribution in [0.15, 0.2) is 47.1 Å². The first kappa shape index (κ1) is 15.8. The lowest BCUT2D eigenvalue weighted by molar-refractivity contribution is 0.339. The zero-order chi connectivity index (χ0) is 17.9. The predicted molar refractivity (Wildman–Crippen MR) is 92.0 cm³/mol. The number of nitrogens with zero attached hydrogens (tertiary/aromatic N) is 6. The van der Waals surface area contributed by atoms with Crippen LogP contribution in [0.2, 0.25) is 0 Å². The quantitative estimate of drug-likeness (QED) is 0.673. The van der Waals surface area contributed by atoms with Crippen LogP contribution >= 0.6 is 0 Å². The highest BCUT2D eigenvalue weighted by Gasteiger charge is 2.29. The smallest absolute Gasteiger partial charge is 0.258 e. The molecule has 0 bridgehead atoms. The van der Waals surface area contributed by atoms with Gasteiger partial charge in [0.1, 0.15) is 6.04 Å². The third-order valence-corrected chi connectivity index (χ3v) is 4.42. The van der Waals surface area contributed by atoms with Gasteiger partial charge in [-0.3, -0.25) is 9.88 Å². The molecule has 3 aromatic rings. The average molecular weight is 342 g/mol. The molecule has 0 N–H and O–H groups in total. The van der Waals surface area contributed by atoms with Gasteiger partial charge in [0.25, 0.3) is 5.89 Å². The van der Waals surface area contributed by atoms with E-state index in [2.05, 4.69) is 27.4 Å². The Bertz CT molecular complexity index is 1030. The Morgan fingerprint density at radius 1 is 1.15 bits per heavy atom. The molecule has 7 nitrogen and oxygen atoms in total. The second-order valence-electron chi connectivity index (χ2n) is 6.03. The lowest BCUT2D eigenvalue weighted by Gasteiger charge is -2.13. The Morgan fingerprint density at radius 2 is 2.08 bits per heavy atom. The minimum atomic E-state index is -0.119. The third-order valence-electron chi connectivity index (χ3n) is 4.42. The zero-order valence-corrected chi connectivity index (χ0v) is 13.8. The fourth-order valence-corrected chi connectivity index (χ4v) is 3.11. The lowest BCUT2D eigenvalue weighted by atomic mass is 10.1. The van der Waals surface area contributed by atoms with E-state index in [-0.39, 0.29) is 6.04 Å². The van der Waals surface area contributed by atoms with E-state index >= 15 is 0 Å². The van der Waals surface area contributed by atoms with Crippen molar-refractivity contribution in [1.29, 1.82) is 10.5 Å². The summed E-state index contributed by atoms with van der Waals surface area (Å²) in [5.74, 6) is 0.925. The molecule has 7 heteroatoms. The van der Waals surface area contributed by atoms with Crippen LogP contribution in [0.3, 0.4) is 0 Å². The van der Waals surface area contributed by atoms with Gasteiger partial charge >= 0.3 is 0 Å². The molecule has 1 aliphatic heterocycles. The lowest BCUT2D eigenvalue weighted by Crippen LogP contribution is -2.17. The molecule has 0 amide bonds. The number of benzene rings is 1. The Balaban J connectivity index is 1.65. The van der Waals surface area contributed by atoms with Crippen LogP contribution in [0.25, 0.3) is 22.7 Å². The summed E-state index contributed by atoms with van der Waals surface area (Å²) in [6.45, 7) is 0.722. The number of hydrogen-bond acceptors (Lipinski definition) is 7. The molecule has 0 saturated carbocycles.